The van der Waals surface area contributed by atoms with Crippen molar-refractivity contribution in [3.05, 3.63) is 53.7 Å². The van der Waals surface area contributed by atoms with Crippen molar-refractivity contribution < 1.29 is 9.90 Å². The Balaban J connectivity index is 2.00. The summed E-state index contributed by atoms with van der Waals surface area (Å²) in [5.41, 5.74) is 2.97. The third-order valence-electron chi connectivity index (χ3n) is 4.17. The predicted octanol–water partition coefficient (Wildman–Crippen LogP) is 2.23. The SMILES string of the molecule is CN(CCO)C(=O)c1cccnc1N1CCCc2ccccc21. The molecular formula is C18H21N3O2. The van der Waals surface area contributed by atoms with Gasteiger partial charge < -0.3 is 14.9 Å². The number of carbonyl (C=O) groups is 1. The van der Waals surface area contributed by atoms with Gasteiger partial charge in [0.15, 0.2) is 0 Å². The highest BCUT2D eigenvalue weighted by atomic mass is 16.3. The number of rotatable bonds is 4. The maximum atomic E-state index is 12.7. The van der Waals surface area contributed by atoms with Gasteiger partial charge in [-0.1, -0.05) is 18.2 Å². The molecule has 0 spiro atoms. The largest absolute Gasteiger partial charge is 0.395 e. The Hall–Kier alpha value is -2.40. The standard InChI is InChI=1S/C18H21N3O2/c1-20(12-13-22)18(23)15-8-4-10-19-17(15)21-11-5-7-14-6-2-3-9-16(14)21/h2-4,6,8-10,22H,5,7,11-13H2,1H3. The van der Waals surface area contributed by atoms with Gasteiger partial charge in [-0.05, 0) is 36.6 Å². The molecule has 120 valence electrons. The summed E-state index contributed by atoms with van der Waals surface area (Å²) in [6.45, 7) is 1.10. The number of aliphatic hydroxyl groups excluding tert-OH is 1. The number of hydrogen-bond donors (Lipinski definition) is 1. The van der Waals surface area contributed by atoms with Crippen LogP contribution in [0.5, 0.6) is 0 Å². The van der Waals surface area contributed by atoms with Crippen molar-refractivity contribution in [2.75, 3.05) is 31.6 Å². The summed E-state index contributed by atoms with van der Waals surface area (Å²) in [5.74, 6) is 0.569. The molecule has 0 unspecified atom stereocenters. The highest BCUT2D eigenvalue weighted by Gasteiger charge is 2.24. The minimum atomic E-state index is -0.120. The van der Waals surface area contributed by atoms with E-state index in [1.807, 2.05) is 12.1 Å². The van der Waals surface area contributed by atoms with Gasteiger partial charge in [-0.3, -0.25) is 4.79 Å². The van der Waals surface area contributed by atoms with Crippen LogP contribution < -0.4 is 4.90 Å². The number of carbonyl (C=O) groups excluding carboxylic acids is 1. The van der Waals surface area contributed by atoms with Crippen molar-refractivity contribution in [3.63, 3.8) is 0 Å². The lowest BCUT2D eigenvalue weighted by Gasteiger charge is -2.32. The molecule has 1 aromatic heterocycles. The van der Waals surface area contributed by atoms with E-state index in [0.717, 1.165) is 25.1 Å². The first kappa shape index (κ1) is 15.5. The number of likely N-dealkylation sites (N-methyl/N-ethyl adjacent to an activating group) is 1. The Morgan fingerprint density at radius 2 is 2.13 bits per heavy atom. The van der Waals surface area contributed by atoms with E-state index in [1.165, 1.54) is 10.5 Å². The number of anilines is 2. The number of benzene rings is 1. The van der Waals surface area contributed by atoms with Gasteiger partial charge in [0.05, 0.1) is 12.2 Å². The van der Waals surface area contributed by atoms with Crippen LogP contribution in [0, 0.1) is 0 Å². The molecule has 0 saturated heterocycles. The molecule has 0 atom stereocenters. The van der Waals surface area contributed by atoms with E-state index >= 15 is 0 Å². The average molecular weight is 311 g/mol. The average Bonchev–Trinajstić information content (AvgIpc) is 2.61. The molecule has 0 bridgehead atoms. The zero-order valence-electron chi connectivity index (χ0n) is 13.3. The van der Waals surface area contributed by atoms with Gasteiger partial charge in [0, 0.05) is 32.0 Å². The Bertz CT molecular complexity index is 702. The van der Waals surface area contributed by atoms with Crippen LogP contribution in [0.25, 0.3) is 0 Å². The molecule has 0 fully saturated rings. The molecule has 5 nitrogen and oxygen atoms in total. The van der Waals surface area contributed by atoms with Crippen LogP contribution in [-0.2, 0) is 6.42 Å². The topological polar surface area (TPSA) is 56.7 Å². The zero-order valence-corrected chi connectivity index (χ0v) is 13.3. The number of fused-ring (bicyclic) bond motifs is 1. The van der Waals surface area contributed by atoms with Crippen molar-refractivity contribution >= 4 is 17.4 Å². The number of amides is 1. The molecular weight excluding hydrogens is 290 g/mol. The summed E-state index contributed by atoms with van der Waals surface area (Å²) in [6, 6.07) is 11.8. The molecule has 0 aliphatic carbocycles. The zero-order chi connectivity index (χ0) is 16.2. The smallest absolute Gasteiger partial charge is 0.257 e. The number of nitrogens with zero attached hydrogens (tertiary/aromatic N) is 3. The summed E-state index contributed by atoms with van der Waals surface area (Å²) in [6.07, 6.45) is 3.80. The molecule has 0 saturated carbocycles. The third-order valence-corrected chi connectivity index (χ3v) is 4.17. The first-order valence-corrected chi connectivity index (χ1v) is 7.89. The first-order chi connectivity index (χ1) is 11.2. The third kappa shape index (κ3) is 3.05. The fourth-order valence-corrected chi connectivity index (χ4v) is 2.99. The van der Waals surface area contributed by atoms with Gasteiger partial charge in [-0.15, -0.1) is 0 Å². The van der Waals surface area contributed by atoms with Crippen molar-refractivity contribution in [3.8, 4) is 0 Å². The van der Waals surface area contributed by atoms with E-state index in [0.29, 0.717) is 17.9 Å². The molecule has 1 amide bonds. The molecule has 0 radical (unpaired) electrons. The van der Waals surface area contributed by atoms with Crippen LogP contribution in [0.1, 0.15) is 22.3 Å². The summed E-state index contributed by atoms with van der Waals surface area (Å²) in [5, 5.41) is 9.06. The number of pyridine rings is 1. The molecule has 5 heteroatoms. The maximum Gasteiger partial charge on any atom is 0.257 e. The maximum absolute atomic E-state index is 12.7. The van der Waals surface area contributed by atoms with Crippen LogP contribution in [0.4, 0.5) is 11.5 Å². The van der Waals surface area contributed by atoms with Crippen molar-refractivity contribution in [2.24, 2.45) is 0 Å². The second-order valence-electron chi connectivity index (χ2n) is 5.71. The summed E-state index contributed by atoms with van der Waals surface area (Å²) in [7, 11) is 1.69. The number of para-hydroxylation sites is 1. The fraction of sp³-hybridized carbons (Fsp3) is 0.333. The van der Waals surface area contributed by atoms with Gasteiger partial charge in [0.2, 0.25) is 0 Å². The fourth-order valence-electron chi connectivity index (χ4n) is 2.99. The predicted molar refractivity (Wildman–Crippen MR) is 90.1 cm³/mol. The van der Waals surface area contributed by atoms with E-state index in [2.05, 4.69) is 22.0 Å². The van der Waals surface area contributed by atoms with Crippen LogP contribution in [0.15, 0.2) is 42.6 Å². The van der Waals surface area contributed by atoms with E-state index in [4.69, 9.17) is 5.11 Å². The van der Waals surface area contributed by atoms with Gasteiger partial charge >= 0.3 is 0 Å². The van der Waals surface area contributed by atoms with E-state index < -0.39 is 0 Å². The minimum Gasteiger partial charge on any atom is -0.395 e. The van der Waals surface area contributed by atoms with Crippen molar-refractivity contribution in [2.45, 2.75) is 12.8 Å². The van der Waals surface area contributed by atoms with Crippen LogP contribution >= 0.6 is 0 Å². The van der Waals surface area contributed by atoms with Crippen LogP contribution in [0.2, 0.25) is 0 Å². The van der Waals surface area contributed by atoms with Gasteiger partial charge in [0.25, 0.3) is 5.91 Å². The van der Waals surface area contributed by atoms with E-state index in [-0.39, 0.29) is 12.5 Å². The Morgan fingerprint density at radius 3 is 2.96 bits per heavy atom. The Labute approximate surface area is 136 Å². The summed E-state index contributed by atoms with van der Waals surface area (Å²) in [4.78, 5) is 20.8. The van der Waals surface area contributed by atoms with Crippen LogP contribution in [-0.4, -0.2) is 47.6 Å². The van der Waals surface area contributed by atoms with Gasteiger partial charge in [0.1, 0.15) is 5.82 Å². The molecule has 2 aromatic rings. The molecule has 23 heavy (non-hydrogen) atoms. The highest BCUT2D eigenvalue weighted by molar-refractivity contribution is 5.99. The molecule has 1 aliphatic heterocycles. The molecule has 2 heterocycles. The molecule has 1 aliphatic rings. The van der Waals surface area contributed by atoms with Crippen molar-refractivity contribution in [1.29, 1.82) is 0 Å². The quantitative estimate of drug-likeness (QED) is 0.941. The van der Waals surface area contributed by atoms with Gasteiger partial charge in [-0.2, -0.15) is 0 Å². The highest BCUT2D eigenvalue weighted by Crippen LogP contribution is 2.34. The Kier molecular flexibility index (Phi) is 4.57. The number of aryl methyl sites for hydroxylation is 1. The lowest BCUT2D eigenvalue weighted by Crippen LogP contribution is -2.32. The molecule has 3 rings (SSSR count). The first-order valence-electron chi connectivity index (χ1n) is 7.89. The lowest BCUT2D eigenvalue weighted by atomic mass is 10.0. The second-order valence-corrected chi connectivity index (χ2v) is 5.71. The number of aromatic nitrogens is 1. The summed E-state index contributed by atoms with van der Waals surface area (Å²) >= 11 is 0. The van der Waals surface area contributed by atoms with Crippen molar-refractivity contribution in [1.82, 2.24) is 9.88 Å². The second kappa shape index (κ2) is 6.79. The number of hydrogen-bond acceptors (Lipinski definition) is 4. The van der Waals surface area contributed by atoms with Crippen LogP contribution in [0.3, 0.4) is 0 Å². The Morgan fingerprint density at radius 1 is 1.30 bits per heavy atom. The van der Waals surface area contributed by atoms with E-state index in [1.54, 1.807) is 25.4 Å². The minimum absolute atomic E-state index is 0.0512. The molecule has 1 N–H and O–H groups in total. The lowest BCUT2D eigenvalue weighted by molar-refractivity contribution is 0.0767. The van der Waals surface area contributed by atoms with E-state index in [9.17, 15) is 4.79 Å². The summed E-state index contributed by atoms with van der Waals surface area (Å²) < 4.78 is 0. The van der Waals surface area contributed by atoms with Gasteiger partial charge in [-0.25, -0.2) is 4.98 Å². The normalized spacial score (nSPS) is 13.6. The number of aliphatic hydroxyl groups is 1. The monoisotopic (exact) mass is 311 g/mol. The molecule has 1 aromatic carbocycles.